The van der Waals surface area contributed by atoms with Crippen molar-refractivity contribution in [2.75, 3.05) is 0 Å². The SMILES string of the molecule is CC(=O)OCc1cc2ccc3c(c2oc1=O)[C@@H](OC(=O)[C@@]12CC[C@](C)(C(=O)O1)C2(C)C)[C@@H](OC(=O)[C@@]12CC[C@](C)(C(=O)O1)C2(C)C)C(C)(C)O3. The van der Waals surface area contributed by atoms with Crippen LogP contribution in [0.25, 0.3) is 11.0 Å². The van der Waals surface area contributed by atoms with E-state index >= 15 is 0 Å². The van der Waals surface area contributed by atoms with E-state index in [1.54, 1.807) is 67.5 Å². The van der Waals surface area contributed by atoms with Crippen molar-refractivity contribution in [3.05, 3.63) is 39.7 Å². The fraction of sp³-hybridized carbons (Fsp3) is 0.622. The zero-order valence-corrected chi connectivity index (χ0v) is 29.7. The second-order valence-corrected chi connectivity index (χ2v) is 16.4. The third-order valence-electron chi connectivity index (χ3n) is 13.3. The van der Waals surface area contributed by atoms with Gasteiger partial charge in [0.15, 0.2) is 12.2 Å². The molecule has 2 saturated carbocycles. The quantitative estimate of drug-likeness (QED) is 0.230. The van der Waals surface area contributed by atoms with Gasteiger partial charge in [0.2, 0.25) is 11.2 Å². The lowest BCUT2D eigenvalue weighted by Gasteiger charge is -2.45. The molecule has 2 saturated heterocycles. The molecule has 4 heterocycles. The molecule has 0 unspecified atom stereocenters. The lowest BCUT2D eigenvalue weighted by Crippen LogP contribution is -2.57. The van der Waals surface area contributed by atoms with Gasteiger partial charge in [-0.25, -0.2) is 14.4 Å². The summed E-state index contributed by atoms with van der Waals surface area (Å²) in [5, 5.41) is 0.384. The van der Waals surface area contributed by atoms with Crippen LogP contribution in [-0.2, 0) is 54.3 Å². The smallest absolute Gasteiger partial charge is 0.351 e. The first-order valence-corrected chi connectivity index (χ1v) is 16.9. The summed E-state index contributed by atoms with van der Waals surface area (Å²) in [5.74, 6) is -3.07. The highest BCUT2D eigenvalue weighted by Crippen LogP contribution is 2.67. The lowest BCUT2D eigenvalue weighted by molar-refractivity contribution is -0.217. The molecule has 0 amide bonds. The number of fused-ring (bicyclic) bond motifs is 7. The van der Waals surface area contributed by atoms with Gasteiger partial charge in [-0.2, -0.15) is 0 Å². The number of hydrogen-bond donors (Lipinski definition) is 0. The number of esters is 5. The maximum absolute atomic E-state index is 14.5. The van der Waals surface area contributed by atoms with E-state index in [-0.39, 0.29) is 41.9 Å². The molecule has 2 aliphatic carbocycles. The summed E-state index contributed by atoms with van der Waals surface area (Å²) < 4.78 is 41.6. The van der Waals surface area contributed by atoms with Crippen molar-refractivity contribution in [2.45, 2.75) is 124 Å². The number of carbonyl (C=O) groups excluding carboxylic acids is 5. The monoisotopic (exact) mass is 694 g/mol. The fourth-order valence-corrected chi connectivity index (χ4v) is 8.88. The summed E-state index contributed by atoms with van der Waals surface area (Å²) in [6, 6.07) is 4.74. The maximum Gasteiger partial charge on any atom is 0.351 e. The Kier molecular flexibility index (Phi) is 6.87. The highest BCUT2D eigenvalue weighted by Gasteiger charge is 2.78. The molecule has 1 aromatic heterocycles. The highest BCUT2D eigenvalue weighted by atomic mass is 16.7. The normalized spacial score (nSPS) is 35.1. The highest BCUT2D eigenvalue weighted by molar-refractivity contribution is 5.95. The van der Waals surface area contributed by atoms with Crippen molar-refractivity contribution in [3.8, 4) is 5.75 Å². The number of benzene rings is 1. The van der Waals surface area contributed by atoms with Crippen LogP contribution < -0.4 is 10.4 Å². The largest absolute Gasteiger partial charge is 0.483 e. The van der Waals surface area contributed by atoms with Crippen molar-refractivity contribution in [1.82, 2.24) is 0 Å². The predicted molar refractivity (Wildman–Crippen MR) is 171 cm³/mol. The topological polar surface area (TPSA) is 171 Å². The number of hydrogen-bond acceptors (Lipinski definition) is 13. The Morgan fingerprint density at radius 3 is 1.78 bits per heavy atom. The Morgan fingerprint density at radius 2 is 1.30 bits per heavy atom. The molecule has 1 aromatic carbocycles. The Bertz CT molecular complexity index is 1970. The summed E-state index contributed by atoms with van der Waals surface area (Å²) in [6.07, 6.45) is -1.58. The van der Waals surface area contributed by atoms with Gasteiger partial charge in [-0.3, -0.25) is 14.4 Å². The molecule has 3 aliphatic heterocycles. The molecule has 5 aliphatic rings. The van der Waals surface area contributed by atoms with Crippen LogP contribution in [0.3, 0.4) is 0 Å². The van der Waals surface area contributed by atoms with Crippen LogP contribution in [-0.4, -0.2) is 52.8 Å². The summed E-state index contributed by atoms with van der Waals surface area (Å²) in [5.41, 5.74) is -9.01. The van der Waals surface area contributed by atoms with E-state index in [9.17, 15) is 28.8 Å². The molecular weight excluding hydrogens is 652 g/mol. The first kappa shape index (κ1) is 34.0. The van der Waals surface area contributed by atoms with E-state index in [2.05, 4.69) is 0 Å². The fourth-order valence-electron chi connectivity index (χ4n) is 8.88. The summed E-state index contributed by atoms with van der Waals surface area (Å²) in [4.78, 5) is 79.8. The minimum absolute atomic E-state index is 0.0101. The third kappa shape index (κ3) is 4.00. The molecule has 6 atom stereocenters. The van der Waals surface area contributed by atoms with Crippen molar-refractivity contribution in [1.29, 1.82) is 0 Å². The van der Waals surface area contributed by atoms with E-state index < -0.39 is 86.1 Å². The van der Waals surface area contributed by atoms with Crippen LogP contribution in [0.15, 0.2) is 27.4 Å². The van der Waals surface area contributed by atoms with Crippen LogP contribution in [0.4, 0.5) is 0 Å². The Hall–Kier alpha value is -4.42. The Balaban J connectivity index is 1.36. The van der Waals surface area contributed by atoms with Crippen LogP contribution >= 0.6 is 0 Å². The molecule has 13 heteroatoms. The molecule has 0 radical (unpaired) electrons. The van der Waals surface area contributed by atoms with E-state index in [0.717, 1.165) is 0 Å². The van der Waals surface area contributed by atoms with Gasteiger partial charge in [-0.15, -0.1) is 0 Å². The van der Waals surface area contributed by atoms with Crippen molar-refractivity contribution < 1.29 is 56.8 Å². The molecule has 2 aromatic rings. The zero-order chi connectivity index (χ0) is 36.6. The summed E-state index contributed by atoms with van der Waals surface area (Å²) >= 11 is 0. The standard InChI is InChI=1S/C37H42O13/c1-18(38)44-17-20-16-19-10-11-21-22(23(19)45-26(20)39)24(46-29(42)36-14-12-34(8,27(40)49-36)32(36,4)5)25(31(2,3)48-21)47-30(43)37-15-13-35(9,28(41)50-37)33(37,6)7/h10-11,16,24-25H,12-15,17H2,1-9H3/t24-,25-,34-,35-,36-,37-/m1/s1. The van der Waals surface area contributed by atoms with E-state index in [1.165, 1.54) is 13.0 Å². The van der Waals surface area contributed by atoms with Crippen molar-refractivity contribution >= 4 is 40.8 Å². The van der Waals surface area contributed by atoms with E-state index in [0.29, 0.717) is 18.2 Å². The van der Waals surface area contributed by atoms with Crippen molar-refractivity contribution in [3.63, 3.8) is 0 Å². The molecule has 268 valence electrons. The third-order valence-corrected chi connectivity index (χ3v) is 13.3. The van der Waals surface area contributed by atoms with Gasteiger partial charge < -0.3 is 32.8 Å². The Morgan fingerprint density at radius 1 is 0.760 bits per heavy atom. The van der Waals surface area contributed by atoms with Crippen LogP contribution in [0.5, 0.6) is 5.75 Å². The number of carbonyl (C=O) groups is 5. The molecule has 0 N–H and O–H groups in total. The van der Waals surface area contributed by atoms with E-state index in [1.807, 2.05) is 0 Å². The van der Waals surface area contributed by atoms with Gasteiger partial charge in [-0.05, 0) is 71.6 Å². The second-order valence-electron chi connectivity index (χ2n) is 16.4. The minimum Gasteiger partial charge on any atom is -0.483 e. The van der Waals surface area contributed by atoms with Gasteiger partial charge in [0.05, 0.1) is 22.0 Å². The Labute approximate surface area is 288 Å². The molecular formula is C37H42O13. The molecule has 13 nitrogen and oxygen atoms in total. The van der Waals surface area contributed by atoms with Crippen LogP contribution in [0.1, 0.15) is 105 Å². The van der Waals surface area contributed by atoms with Crippen LogP contribution in [0.2, 0.25) is 0 Å². The zero-order valence-electron chi connectivity index (χ0n) is 29.7. The maximum atomic E-state index is 14.5. The van der Waals surface area contributed by atoms with Gasteiger partial charge in [0.25, 0.3) is 0 Å². The minimum atomic E-state index is -1.65. The molecule has 0 spiro atoms. The van der Waals surface area contributed by atoms with Gasteiger partial charge >= 0.3 is 35.5 Å². The average molecular weight is 695 g/mol. The average Bonchev–Trinajstić information content (AvgIpc) is 3.49. The van der Waals surface area contributed by atoms with E-state index in [4.69, 9.17) is 32.8 Å². The van der Waals surface area contributed by atoms with Gasteiger partial charge in [-0.1, -0.05) is 27.7 Å². The van der Waals surface area contributed by atoms with Gasteiger partial charge in [0, 0.05) is 23.1 Å². The number of ether oxygens (including phenoxy) is 6. The van der Waals surface area contributed by atoms with Crippen molar-refractivity contribution in [2.24, 2.45) is 21.7 Å². The van der Waals surface area contributed by atoms with Crippen LogP contribution in [0, 0.1) is 21.7 Å². The predicted octanol–water partition coefficient (Wildman–Crippen LogP) is 4.77. The number of rotatable bonds is 6. The second kappa shape index (κ2) is 10.1. The van der Waals surface area contributed by atoms with Gasteiger partial charge in [0.1, 0.15) is 23.5 Å². The summed E-state index contributed by atoms with van der Waals surface area (Å²) in [6.45, 7) is 14.9. The lowest BCUT2D eigenvalue weighted by atomic mass is 9.66. The molecule has 4 bridgehead atoms. The first-order valence-electron chi connectivity index (χ1n) is 16.9. The molecule has 50 heavy (non-hydrogen) atoms. The molecule has 4 fully saturated rings. The first-order chi connectivity index (χ1) is 23.1. The molecule has 7 rings (SSSR count). The summed E-state index contributed by atoms with van der Waals surface area (Å²) in [7, 11) is 0.